The van der Waals surface area contributed by atoms with Crippen LogP contribution in [0.5, 0.6) is 11.6 Å². The molecule has 0 atom stereocenters. The molecule has 29 heavy (non-hydrogen) atoms. The fourth-order valence-electron chi connectivity index (χ4n) is 2.45. The minimum Gasteiger partial charge on any atom is -0.439 e. The molecule has 2 N–H and O–H groups in total. The number of thiazole rings is 1. The zero-order valence-electron chi connectivity index (χ0n) is 16.5. The summed E-state index contributed by atoms with van der Waals surface area (Å²) in [4.78, 5) is 14.6. The highest BCUT2D eigenvalue weighted by Gasteiger charge is 2.04. The lowest BCUT2D eigenvalue weighted by molar-refractivity contribution is 0.461. The minimum atomic E-state index is -0.302. The Morgan fingerprint density at radius 2 is 1.90 bits per heavy atom. The summed E-state index contributed by atoms with van der Waals surface area (Å²) >= 11 is 1.71. The van der Waals surface area contributed by atoms with Gasteiger partial charge in [0.2, 0.25) is 5.88 Å². The third-order valence-corrected chi connectivity index (χ3v) is 5.10. The Bertz CT molecular complexity index is 925. The van der Waals surface area contributed by atoms with Gasteiger partial charge in [-0.2, -0.15) is 0 Å². The molecule has 0 fully saturated rings. The summed E-state index contributed by atoms with van der Waals surface area (Å²) in [5, 5.41) is 7.58. The number of benzene rings is 1. The summed E-state index contributed by atoms with van der Waals surface area (Å²) in [6.07, 6.45) is 4.65. The number of hydrogen-bond donors (Lipinski definition) is 2. The van der Waals surface area contributed by atoms with E-state index in [9.17, 15) is 4.39 Å². The largest absolute Gasteiger partial charge is 0.439 e. The number of pyridine rings is 1. The smallest absolute Gasteiger partial charge is 0.219 e. The highest BCUT2D eigenvalue weighted by Crippen LogP contribution is 2.19. The van der Waals surface area contributed by atoms with Gasteiger partial charge in [-0.25, -0.2) is 19.4 Å². The van der Waals surface area contributed by atoms with E-state index in [1.165, 1.54) is 17.0 Å². The van der Waals surface area contributed by atoms with Crippen molar-refractivity contribution < 1.29 is 9.13 Å². The molecule has 0 unspecified atom stereocenters. The van der Waals surface area contributed by atoms with Gasteiger partial charge in [-0.15, -0.1) is 11.3 Å². The van der Waals surface area contributed by atoms with Crippen LogP contribution in [0.1, 0.15) is 29.3 Å². The van der Waals surface area contributed by atoms with Crippen LogP contribution in [0.3, 0.4) is 0 Å². The number of aliphatic imine (C=N–C) groups is 1. The molecular weight excluding hydrogens is 389 g/mol. The van der Waals surface area contributed by atoms with Gasteiger partial charge >= 0.3 is 0 Å². The summed E-state index contributed by atoms with van der Waals surface area (Å²) in [5.74, 6) is 1.42. The number of hydrogen-bond acceptors (Lipinski definition) is 5. The summed E-state index contributed by atoms with van der Waals surface area (Å²) < 4.78 is 18.6. The Hall–Kier alpha value is -3.00. The van der Waals surface area contributed by atoms with Crippen LogP contribution in [0.4, 0.5) is 4.39 Å². The Morgan fingerprint density at radius 3 is 2.55 bits per heavy atom. The first kappa shape index (κ1) is 20.7. The van der Waals surface area contributed by atoms with Crippen LogP contribution >= 0.6 is 11.3 Å². The van der Waals surface area contributed by atoms with E-state index < -0.39 is 0 Å². The molecule has 1 aromatic carbocycles. The quantitative estimate of drug-likeness (QED) is 0.426. The van der Waals surface area contributed by atoms with Gasteiger partial charge in [0, 0.05) is 29.9 Å². The van der Waals surface area contributed by atoms with Crippen molar-refractivity contribution >= 4 is 17.3 Å². The fourth-order valence-corrected chi connectivity index (χ4v) is 3.25. The van der Waals surface area contributed by atoms with Crippen molar-refractivity contribution in [3.05, 3.63) is 70.1 Å². The van der Waals surface area contributed by atoms with E-state index in [4.69, 9.17) is 4.74 Å². The standard InChI is InChI=1S/C21H24FN5OS/c1-3-18-13-25-20(29-18)14-27-21(23-4-2)26-12-15-5-10-19(24-11-15)28-17-8-6-16(22)7-9-17/h5-11,13H,3-4,12,14H2,1-2H3,(H2,23,26,27). The predicted octanol–water partition coefficient (Wildman–Crippen LogP) is 4.29. The van der Waals surface area contributed by atoms with Gasteiger partial charge in [0.15, 0.2) is 5.96 Å². The minimum absolute atomic E-state index is 0.302. The summed E-state index contributed by atoms with van der Waals surface area (Å²) in [5.41, 5.74) is 0.955. The van der Waals surface area contributed by atoms with Crippen LogP contribution in [0.15, 0.2) is 53.8 Å². The van der Waals surface area contributed by atoms with Crippen LogP contribution in [-0.4, -0.2) is 22.5 Å². The van der Waals surface area contributed by atoms with Gasteiger partial charge in [-0.05, 0) is 43.2 Å². The second kappa shape index (κ2) is 10.5. The SMILES string of the molecule is CCNC(=NCc1ccc(Oc2ccc(F)cc2)nc1)NCc1ncc(CC)s1. The Morgan fingerprint density at radius 1 is 1.07 bits per heavy atom. The van der Waals surface area contributed by atoms with Crippen LogP contribution in [0, 0.1) is 5.82 Å². The normalized spacial score (nSPS) is 11.3. The molecule has 3 rings (SSSR count). The Labute approximate surface area is 173 Å². The lowest BCUT2D eigenvalue weighted by Gasteiger charge is -2.10. The molecule has 0 aliphatic rings. The van der Waals surface area contributed by atoms with Crippen molar-refractivity contribution in [3.8, 4) is 11.6 Å². The van der Waals surface area contributed by atoms with E-state index in [-0.39, 0.29) is 5.82 Å². The number of aromatic nitrogens is 2. The van der Waals surface area contributed by atoms with Gasteiger partial charge in [0.05, 0.1) is 13.1 Å². The lowest BCUT2D eigenvalue weighted by Crippen LogP contribution is -2.36. The number of ether oxygens (including phenoxy) is 1. The van der Waals surface area contributed by atoms with Crippen LogP contribution in [0.25, 0.3) is 0 Å². The third kappa shape index (κ3) is 6.53. The maximum absolute atomic E-state index is 13.0. The van der Waals surface area contributed by atoms with Crippen LogP contribution < -0.4 is 15.4 Å². The molecule has 0 spiro atoms. The summed E-state index contributed by atoms with van der Waals surface area (Å²) in [6.45, 7) is 6.04. The summed E-state index contributed by atoms with van der Waals surface area (Å²) in [7, 11) is 0. The molecule has 0 bridgehead atoms. The third-order valence-electron chi connectivity index (χ3n) is 3.95. The zero-order chi connectivity index (χ0) is 20.5. The van der Waals surface area contributed by atoms with Crippen molar-refractivity contribution in [2.75, 3.05) is 6.54 Å². The molecule has 0 saturated carbocycles. The Kier molecular flexibility index (Phi) is 7.52. The molecule has 3 aromatic rings. The second-order valence-corrected chi connectivity index (χ2v) is 7.38. The average molecular weight is 414 g/mol. The van der Waals surface area contributed by atoms with E-state index in [1.807, 2.05) is 19.2 Å². The molecule has 6 nitrogen and oxygen atoms in total. The van der Waals surface area contributed by atoms with Crippen molar-refractivity contribution in [1.82, 2.24) is 20.6 Å². The first-order valence-electron chi connectivity index (χ1n) is 9.50. The predicted molar refractivity (Wildman–Crippen MR) is 114 cm³/mol. The highest BCUT2D eigenvalue weighted by atomic mass is 32.1. The van der Waals surface area contributed by atoms with E-state index in [0.717, 1.165) is 29.5 Å². The Balaban J connectivity index is 1.56. The van der Waals surface area contributed by atoms with Gasteiger partial charge in [0.1, 0.15) is 16.6 Å². The molecule has 0 amide bonds. The number of guanidine groups is 1. The van der Waals surface area contributed by atoms with Gasteiger partial charge in [0.25, 0.3) is 0 Å². The molecule has 0 radical (unpaired) electrons. The van der Waals surface area contributed by atoms with E-state index in [0.29, 0.717) is 24.7 Å². The maximum Gasteiger partial charge on any atom is 0.219 e. The van der Waals surface area contributed by atoms with E-state index in [2.05, 4.69) is 32.5 Å². The van der Waals surface area contributed by atoms with Crippen molar-refractivity contribution in [1.29, 1.82) is 0 Å². The summed E-state index contributed by atoms with van der Waals surface area (Å²) in [6, 6.07) is 9.51. The van der Waals surface area contributed by atoms with Crippen molar-refractivity contribution in [2.24, 2.45) is 4.99 Å². The van der Waals surface area contributed by atoms with Crippen LogP contribution in [0.2, 0.25) is 0 Å². The number of halogens is 1. The maximum atomic E-state index is 13.0. The lowest BCUT2D eigenvalue weighted by atomic mass is 10.3. The van der Waals surface area contributed by atoms with Crippen molar-refractivity contribution in [2.45, 2.75) is 33.4 Å². The van der Waals surface area contributed by atoms with Crippen molar-refractivity contribution in [3.63, 3.8) is 0 Å². The number of aryl methyl sites for hydroxylation is 1. The molecule has 2 aromatic heterocycles. The van der Waals surface area contributed by atoms with Crippen LogP contribution in [-0.2, 0) is 19.5 Å². The number of rotatable bonds is 8. The topological polar surface area (TPSA) is 71.4 Å². The zero-order valence-corrected chi connectivity index (χ0v) is 17.3. The molecule has 152 valence electrons. The molecule has 0 aliphatic heterocycles. The molecule has 0 saturated heterocycles. The second-order valence-electron chi connectivity index (χ2n) is 6.18. The molecule has 0 aliphatic carbocycles. The first-order chi connectivity index (χ1) is 14.2. The van der Waals surface area contributed by atoms with Gasteiger partial charge < -0.3 is 15.4 Å². The van der Waals surface area contributed by atoms with E-state index in [1.54, 1.807) is 35.7 Å². The first-order valence-corrected chi connectivity index (χ1v) is 10.3. The highest BCUT2D eigenvalue weighted by molar-refractivity contribution is 7.11. The molecule has 8 heteroatoms. The average Bonchev–Trinajstić information content (AvgIpc) is 3.21. The van der Waals surface area contributed by atoms with Gasteiger partial charge in [-0.3, -0.25) is 0 Å². The molecular formula is C21H24FN5OS. The monoisotopic (exact) mass is 413 g/mol. The molecule has 2 heterocycles. The van der Waals surface area contributed by atoms with E-state index >= 15 is 0 Å². The van der Waals surface area contributed by atoms with Gasteiger partial charge in [-0.1, -0.05) is 13.0 Å². The number of nitrogens with zero attached hydrogens (tertiary/aromatic N) is 3. The fraction of sp³-hybridized carbons (Fsp3) is 0.286. The number of nitrogens with one attached hydrogen (secondary N) is 2.